The normalized spacial score (nSPS) is 10.9. The number of anilines is 1. The average Bonchev–Trinajstić information content (AvgIpc) is 2.74. The first kappa shape index (κ1) is 19.4. The number of ether oxygens (including phenoxy) is 1. The summed E-state index contributed by atoms with van der Waals surface area (Å²) in [4.78, 5) is 0. The molecule has 4 aromatic carbocycles. The summed E-state index contributed by atoms with van der Waals surface area (Å²) >= 11 is 6.29. The number of hydrogen-bond acceptors (Lipinski definition) is 2. The van der Waals surface area contributed by atoms with E-state index in [-0.39, 0.29) is 0 Å². The van der Waals surface area contributed by atoms with Gasteiger partial charge in [0.1, 0.15) is 12.4 Å². The largest absolute Gasteiger partial charge is 0.489 e. The number of rotatable bonds is 6. The van der Waals surface area contributed by atoms with E-state index in [9.17, 15) is 0 Å². The Balaban J connectivity index is 1.63. The maximum Gasteiger partial charge on any atom is 0.125 e. The van der Waals surface area contributed by atoms with Gasteiger partial charge in [-0.15, -0.1) is 0 Å². The van der Waals surface area contributed by atoms with Gasteiger partial charge >= 0.3 is 0 Å². The van der Waals surface area contributed by atoms with Gasteiger partial charge in [0, 0.05) is 22.8 Å². The number of hydrogen-bond donors (Lipinski definition) is 1. The van der Waals surface area contributed by atoms with Gasteiger partial charge in [0.2, 0.25) is 0 Å². The van der Waals surface area contributed by atoms with Crippen molar-refractivity contribution >= 4 is 28.1 Å². The maximum atomic E-state index is 6.29. The van der Waals surface area contributed by atoms with E-state index in [1.165, 1.54) is 16.3 Å². The summed E-state index contributed by atoms with van der Waals surface area (Å²) in [5.74, 6) is 0.899. The van der Waals surface area contributed by atoms with Gasteiger partial charge in [-0.2, -0.15) is 0 Å². The summed E-state index contributed by atoms with van der Waals surface area (Å²) < 4.78 is 6.25. The molecule has 0 unspecified atom stereocenters. The predicted octanol–water partition coefficient (Wildman–Crippen LogP) is 7.30. The fraction of sp³-hybridized carbons (Fsp3) is 0.154. The van der Waals surface area contributed by atoms with E-state index in [1.807, 2.05) is 19.1 Å². The quantitative estimate of drug-likeness (QED) is 0.366. The van der Waals surface area contributed by atoms with Crippen LogP contribution in [0.15, 0.2) is 78.9 Å². The van der Waals surface area contributed by atoms with Crippen molar-refractivity contribution in [3.8, 4) is 5.75 Å². The fourth-order valence-electron chi connectivity index (χ4n) is 3.46. The Morgan fingerprint density at radius 3 is 2.45 bits per heavy atom. The van der Waals surface area contributed by atoms with E-state index < -0.39 is 0 Å². The Bertz CT molecular complexity index is 1140. The highest BCUT2D eigenvalue weighted by atomic mass is 35.5. The molecule has 146 valence electrons. The second-order valence-electron chi connectivity index (χ2n) is 7.30. The number of fused-ring (bicyclic) bond motifs is 1. The van der Waals surface area contributed by atoms with Gasteiger partial charge in [0.25, 0.3) is 0 Å². The monoisotopic (exact) mass is 401 g/mol. The zero-order valence-corrected chi connectivity index (χ0v) is 17.5. The van der Waals surface area contributed by atoms with Crippen molar-refractivity contribution in [1.29, 1.82) is 0 Å². The molecule has 1 N–H and O–H groups in total. The third-order valence-electron chi connectivity index (χ3n) is 5.24. The molecule has 0 aliphatic carbocycles. The van der Waals surface area contributed by atoms with Crippen LogP contribution in [0.5, 0.6) is 5.75 Å². The molecule has 3 heteroatoms. The Hall–Kier alpha value is -2.97. The molecule has 2 nitrogen and oxygen atoms in total. The van der Waals surface area contributed by atoms with Gasteiger partial charge in [0.05, 0.1) is 0 Å². The van der Waals surface area contributed by atoms with Crippen molar-refractivity contribution in [2.45, 2.75) is 27.0 Å². The molecule has 0 fully saturated rings. The van der Waals surface area contributed by atoms with Crippen molar-refractivity contribution in [1.82, 2.24) is 0 Å². The topological polar surface area (TPSA) is 21.3 Å². The lowest BCUT2D eigenvalue weighted by Gasteiger charge is -2.17. The minimum Gasteiger partial charge on any atom is -0.489 e. The molecule has 0 saturated heterocycles. The molecule has 29 heavy (non-hydrogen) atoms. The van der Waals surface area contributed by atoms with Crippen LogP contribution < -0.4 is 10.1 Å². The van der Waals surface area contributed by atoms with E-state index in [0.717, 1.165) is 33.1 Å². The summed E-state index contributed by atoms with van der Waals surface area (Å²) in [5.41, 5.74) is 5.65. The summed E-state index contributed by atoms with van der Waals surface area (Å²) in [7, 11) is 0. The molecular formula is C26H24ClNO. The molecule has 0 amide bonds. The highest BCUT2D eigenvalue weighted by Crippen LogP contribution is 2.31. The van der Waals surface area contributed by atoms with Gasteiger partial charge in [-0.3, -0.25) is 0 Å². The highest BCUT2D eigenvalue weighted by Gasteiger charge is 2.11. The molecule has 0 heterocycles. The molecule has 0 aliphatic rings. The maximum absolute atomic E-state index is 6.29. The van der Waals surface area contributed by atoms with Gasteiger partial charge in [-0.25, -0.2) is 0 Å². The van der Waals surface area contributed by atoms with E-state index in [2.05, 4.69) is 79.0 Å². The molecule has 0 atom stereocenters. The number of nitrogens with one attached hydrogen (secondary N) is 1. The minimum atomic E-state index is 0.543. The Kier molecular flexibility index (Phi) is 5.73. The smallest absolute Gasteiger partial charge is 0.125 e. The molecule has 0 radical (unpaired) electrons. The van der Waals surface area contributed by atoms with E-state index in [4.69, 9.17) is 16.3 Å². The van der Waals surface area contributed by atoms with Crippen molar-refractivity contribution in [2.24, 2.45) is 0 Å². The van der Waals surface area contributed by atoms with E-state index in [1.54, 1.807) is 0 Å². The minimum absolute atomic E-state index is 0.543. The third kappa shape index (κ3) is 4.38. The summed E-state index contributed by atoms with van der Waals surface area (Å²) in [6.07, 6.45) is 0. The Morgan fingerprint density at radius 1 is 0.828 bits per heavy atom. The first-order valence-corrected chi connectivity index (χ1v) is 10.2. The van der Waals surface area contributed by atoms with Crippen LogP contribution in [-0.4, -0.2) is 0 Å². The number of halogens is 1. The molecule has 4 aromatic rings. The Morgan fingerprint density at radius 2 is 1.62 bits per heavy atom. The SMILES string of the molecule is Cc1ccc(COc2ccc3ccccc3c2CNc2cccc(Cl)c2C)cc1. The first-order chi connectivity index (χ1) is 14.1. The third-order valence-corrected chi connectivity index (χ3v) is 5.65. The zero-order chi connectivity index (χ0) is 20.2. The second-order valence-corrected chi connectivity index (χ2v) is 7.71. The van der Waals surface area contributed by atoms with Gasteiger partial charge in [0.15, 0.2) is 0 Å². The van der Waals surface area contributed by atoms with Crippen LogP contribution >= 0.6 is 11.6 Å². The molecule has 0 spiro atoms. The number of benzene rings is 4. The van der Waals surface area contributed by atoms with Crippen LogP contribution in [0.4, 0.5) is 5.69 Å². The molecule has 0 saturated carbocycles. The lowest BCUT2D eigenvalue weighted by Crippen LogP contribution is -2.05. The summed E-state index contributed by atoms with van der Waals surface area (Å²) in [5, 5.41) is 6.71. The lowest BCUT2D eigenvalue weighted by molar-refractivity contribution is 0.304. The molecular weight excluding hydrogens is 378 g/mol. The number of aryl methyl sites for hydroxylation is 1. The average molecular weight is 402 g/mol. The predicted molar refractivity (Wildman–Crippen MR) is 123 cm³/mol. The van der Waals surface area contributed by atoms with Crippen LogP contribution in [0.25, 0.3) is 10.8 Å². The van der Waals surface area contributed by atoms with E-state index >= 15 is 0 Å². The van der Waals surface area contributed by atoms with Crippen LogP contribution in [0.1, 0.15) is 22.3 Å². The summed E-state index contributed by atoms with van der Waals surface area (Å²) in [6, 6.07) is 27.0. The first-order valence-electron chi connectivity index (χ1n) is 9.80. The van der Waals surface area contributed by atoms with Crippen molar-refractivity contribution in [3.63, 3.8) is 0 Å². The standard InChI is InChI=1S/C26H24ClNO/c1-18-10-12-20(13-11-18)17-29-26-15-14-21-6-3-4-7-22(21)23(26)16-28-25-9-5-8-24(27)19(25)2/h3-15,28H,16-17H2,1-2H3. The van der Waals surface area contributed by atoms with Crippen LogP contribution in [0.3, 0.4) is 0 Å². The van der Waals surface area contributed by atoms with Crippen LogP contribution in [0, 0.1) is 13.8 Å². The molecule has 0 aromatic heterocycles. The van der Waals surface area contributed by atoms with Gasteiger partial charge in [-0.1, -0.05) is 77.8 Å². The molecule has 4 rings (SSSR count). The van der Waals surface area contributed by atoms with Gasteiger partial charge in [-0.05, 0) is 53.9 Å². The van der Waals surface area contributed by atoms with Gasteiger partial charge < -0.3 is 10.1 Å². The highest BCUT2D eigenvalue weighted by molar-refractivity contribution is 6.31. The summed E-state index contributed by atoms with van der Waals surface area (Å²) in [6.45, 7) is 5.33. The fourth-order valence-corrected chi connectivity index (χ4v) is 3.64. The van der Waals surface area contributed by atoms with Crippen molar-refractivity contribution in [2.75, 3.05) is 5.32 Å². The lowest BCUT2D eigenvalue weighted by atomic mass is 10.0. The molecule has 0 aliphatic heterocycles. The van der Waals surface area contributed by atoms with E-state index in [0.29, 0.717) is 13.2 Å². The Labute approximate surface area is 177 Å². The van der Waals surface area contributed by atoms with Crippen molar-refractivity contribution in [3.05, 3.63) is 106 Å². The molecule has 0 bridgehead atoms. The van der Waals surface area contributed by atoms with Crippen LogP contribution in [-0.2, 0) is 13.2 Å². The second kappa shape index (κ2) is 8.59. The van der Waals surface area contributed by atoms with Crippen molar-refractivity contribution < 1.29 is 4.74 Å². The zero-order valence-electron chi connectivity index (χ0n) is 16.7. The van der Waals surface area contributed by atoms with Crippen LogP contribution in [0.2, 0.25) is 5.02 Å².